The van der Waals surface area contributed by atoms with Crippen LogP contribution < -0.4 is 34.5 Å². The molecule has 2 aromatic heterocycles. The van der Waals surface area contributed by atoms with E-state index in [-0.39, 0.29) is 29.2 Å². The van der Waals surface area contributed by atoms with Crippen LogP contribution >= 0.6 is 8.25 Å². The second-order valence-corrected chi connectivity index (χ2v) is 11.6. The summed E-state index contributed by atoms with van der Waals surface area (Å²) in [5, 5.41) is 5.78. The van der Waals surface area contributed by atoms with Gasteiger partial charge in [-0.2, -0.15) is 4.98 Å². The molecular formula is C27H34FN6O8P. The fraction of sp³-hybridized carbons (Fsp3) is 0.407. The molecule has 16 heteroatoms. The quantitative estimate of drug-likeness (QED) is 0.270. The van der Waals surface area contributed by atoms with E-state index in [0.29, 0.717) is 22.9 Å². The number of hydrogen-bond acceptors (Lipinski definition) is 13. The van der Waals surface area contributed by atoms with Crippen LogP contribution in [0.15, 0.2) is 30.5 Å². The van der Waals surface area contributed by atoms with Gasteiger partial charge in [-0.05, 0) is 46.8 Å². The number of amides is 1. The van der Waals surface area contributed by atoms with Crippen LogP contribution in [0.3, 0.4) is 0 Å². The third-order valence-corrected chi connectivity index (χ3v) is 6.98. The first-order valence-electron chi connectivity index (χ1n) is 13.0. The molecule has 2 N–H and O–H groups in total. The third kappa shape index (κ3) is 7.42. The molecular weight excluding hydrogens is 586 g/mol. The molecule has 0 bridgehead atoms. The van der Waals surface area contributed by atoms with Gasteiger partial charge in [-0.15, -0.1) is 0 Å². The standard InChI is InChI=1S/C27H34FN6O8P/c1-26(2,3)42-43(36)40-14-34-23-17(41-27(4,5)24(34)35)9-10-20(32-23)31-22-16(28)13-29-25(33-22)30-15-11-18(37-6)21(39-8)19(12-15)38-7/h9-13,43H,14H2,1-8H3,(H2,29,30,31,32,33). The number of carbonyl (C=O) groups excluding carboxylic acids is 1. The Morgan fingerprint density at radius 1 is 1.05 bits per heavy atom. The van der Waals surface area contributed by atoms with E-state index in [9.17, 15) is 13.8 Å². The highest BCUT2D eigenvalue weighted by molar-refractivity contribution is 7.33. The molecule has 3 heterocycles. The Bertz CT molecular complexity index is 1510. The van der Waals surface area contributed by atoms with E-state index in [1.165, 1.54) is 32.3 Å². The summed E-state index contributed by atoms with van der Waals surface area (Å²) in [5.41, 5.74) is -1.47. The van der Waals surface area contributed by atoms with Crippen molar-refractivity contribution in [2.24, 2.45) is 0 Å². The van der Waals surface area contributed by atoms with Gasteiger partial charge in [0, 0.05) is 17.8 Å². The van der Waals surface area contributed by atoms with Crippen molar-refractivity contribution in [3.05, 3.63) is 36.3 Å². The second-order valence-electron chi connectivity index (χ2n) is 10.7. The average molecular weight is 621 g/mol. The molecule has 1 aromatic carbocycles. The summed E-state index contributed by atoms with van der Waals surface area (Å²) < 4.78 is 59.8. The van der Waals surface area contributed by atoms with E-state index in [0.717, 1.165) is 6.20 Å². The average Bonchev–Trinajstić information content (AvgIpc) is 2.93. The molecule has 232 valence electrons. The molecule has 3 aromatic rings. The zero-order valence-electron chi connectivity index (χ0n) is 25.0. The summed E-state index contributed by atoms with van der Waals surface area (Å²) in [7, 11) is 1.51. The molecule has 1 aliphatic heterocycles. The molecule has 4 rings (SSSR count). The number of methoxy groups -OCH3 is 3. The van der Waals surface area contributed by atoms with Gasteiger partial charge < -0.3 is 34.1 Å². The monoisotopic (exact) mass is 620 g/mol. The van der Waals surface area contributed by atoms with Gasteiger partial charge in [0.1, 0.15) is 12.5 Å². The van der Waals surface area contributed by atoms with Crippen LogP contribution in [-0.2, 0) is 18.4 Å². The number of benzene rings is 1. The smallest absolute Gasteiger partial charge is 0.321 e. The van der Waals surface area contributed by atoms with Crippen LogP contribution in [0.2, 0.25) is 0 Å². The van der Waals surface area contributed by atoms with Crippen molar-refractivity contribution in [3.63, 3.8) is 0 Å². The van der Waals surface area contributed by atoms with Crippen LogP contribution in [0.25, 0.3) is 0 Å². The van der Waals surface area contributed by atoms with E-state index in [1.54, 1.807) is 52.8 Å². The van der Waals surface area contributed by atoms with E-state index < -0.39 is 37.9 Å². The van der Waals surface area contributed by atoms with Crippen molar-refractivity contribution in [2.75, 3.05) is 43.6 Å². The van der Waals surface area contributed by atoms with Crippen molar-refractivity contribution in [3.8, 4) is 23.0 Å². The number of fused-ring (bicyclic) bond motifs is 1. The topological polar surface area (TPSA) is 155 Å². The van der Waals surface area contributed by atoms with Gasteiger partial charge in [-0.1, -0.05) is 0 Å². The number of aromatic nitrogens is 3. The van der Waals surface area contributed by atoms with E-state index in [4.69, 9.17) is 28.0 Å². The van der Waals surface area contributed by atoms with Crippen molar-refractivity contribution in [2.45, 2.75) is 45.8 Å². The second kappa shape index (κ2) is 12.6. The zero-order valence-corrected chi connectivity index (χ0v) is 26.0. The van der Waals surface area contributed by atoms with Gasteiger partial charge in [-0.3, -0.25) is 18.8 Å². The lowest BCUT2D eigenvalue weighted by Gasteiger charge is -2.37. The molecule has 1 atom stereocenters. The van der Waals surface area contributed by atoms with E-state index >= 15 is 0 Å². The third-order valence-electron chi connectivity index (χ3n) is 5.83. The largest absolute Gasteiger partial charge is 0.493 e. The first kappa shape index (κ1) is 31.7. The molecule has 0 saturated carbocycles. The van der Waals surface area contributed by atoms with Gasteiger partial charge >= 0.3 is 8.25 Å². The van der Waals surface area contributed by atoms with Gasteiger partial charge in [0.15, 0.2) is 40.3 Å². The highest BCUT2D eigenvalue weighted by Crippen LogP contribution is 2.41. The SMILES string of the molecule is COc1cc(Nc2ncc(F)c(Nc3ccc4c(n3)N(CO[PH](=O)OC(C)(C)C)C(=O)C(C)(C)O4)n2)cc(OC)c1OC. The minimum atomic E-state index is -2.94. The van der Waals surface area contributed by atoms with E-state index in [2.05, 4.69) is 25.6 Å². The fourth-order valence-corrected chi connectivity index (χ4v) is 4.75. The molecule has 43 heavy (non-hydrogen) atoms. The molecule has 0 radical (unpaired) electrons. The lowest BCUT2D eigenvalue weighted by molar-refractivity contribution is -0.133. The van der Waals surface area contributed by atoms with Crippen LogP contribution in [0.5, 0.6) is 23.0 Å². The maximum Gasteiger partial charge on any atom is 0.321 e. The minimum absolute atomic E-state index is 0.0513. The number of anilines is 5. The number of halogens is 1. The number of hydrogen-bond donors (Lipinski definition) is 2. The Kier molecular flexibility index (Phi) is 9.28. The molecule has 0 saturated heterocycles. The lowest BCUT2D eigenvalue weighted by Crippen LogP contribution is -2.53. The number of carbonyl (C=O) groups is 1. The van der Waals surface area contributed by atoms with E-state index in [1.807, 2.05) is 0 Å². The van der Waals surface area contributed by atoms with Gasteiger partial charge in [-0.25, -0.2) is 14.4 Å². The normalized spacial score (nSPS) is 14.8. The maximum absolute atomic E-state index is 14.8. The molecule has 0 spiro atoms. The lowest BCUT2D eigenvalue weighted by atomic mass is 10.1. The van der Waals surface area contributed by atoms with Crippen LogP contribution in [0.1, 0.15) is 34.6 Å². The molecule has 0 fully saturated rings. The van der Waals surface area contributed by atoms with Gasteiger partial charge in [0.25, 0.3) is 5.91 Å². The number of pyridine rings is 1. The van der Waals surface area contributed by atoms with Crippen LogP contribution in [-0.4, -0.2) is 60.1 Å². The Hall–Kier alpha value is -4.20. The number of ether oxygens (including phenoxy) is 4. The molecule has 1 amide bonds. The first-order chi connectivity index (χ1) is 20.2. The zero-order chi connectivity index (χ0) is 31.5. The Balaban J connectivity index is 1.59. The Morgan fingerprint density at radius 3 is 2.33 bits per heavy atom. The highest BCUT2D eigenvalue weighted by atomic mass is 31.1. The Labute approximate surface area is 248 Å². The van der Waals surface area contributed by atoms with Crippen molar-refractivity contribution < 1.29 is 41.7 Å². The summed E-state index contributed by atoms with van der Waals surface area (Å²) in [6.45, 7) is 7.96. The molecule has 1 aliphatic rings. The van der Waals surface area contributed by atoms with Crippen molar-refractivity contribution >= 4 is 43.3 Å². The fourth-order valence-electron chi connectivity index (χ4n) is 3.95. The molecule has 0 aliphatic carbocycles. The molecule has 14 nitrogen and oxygen atoms in total. The number of nitrogens with zero attached hydrogens (tertiary/aromatic N) is 4. The van der Waals surface area contributed by atoms with Gasteiger partial charge in [0.05, 0.1) is 33.1 Å². The predicted molar refractivity (Wildman–Crippen MR) is 157 cm³/mol. The van der Waals surface area contributed by atoms with Gasteiger partial charge in [0.2, 0.25) is 11.7 Å². The minimum Gasteiger partial charge on any atom is -0.493 e. The summed E-state index contributed by atoms with van der Waals surface area (Å²) in [4.78, 5) is 27.1. The Morgan fingerprint density at radius 2 is 1.72 bits per heavy atom. The van der Waals surface area contributed by atoms with Crippen molar-refractivity contribution in [1.82, 2.24) is 15.0 Å². The summed E-state index contributed by atoms with van der Waals surface area (Å²) in [6, 6.07) is 6.38. The molecule has 1 unspecified atom stereocenters. The number of rotatable bonds is 11. The predicted octanol–water partition coefficient (Wildman–Crippen LogP) is 5.21. The summed E-state index contributed by atoms with van der Waals surface area (Å²) in [5.74, 6) is 0.266. The first-order valence-corrected chi connectivity index (χ1v) is 14.2. The maximum atomic E-state index is 14.8. The van der Waals surface area contributed by atoms with Crippen LogP contribution in [0, 0.1) is 5.82 Å². The summed E-state index contributed by atoms with van der Waals surface area (Å²) in [6.07, 6.45) is 0.983. The summed E-state index contributed by atoms with van der Waals surface area (Å²) >= 11 is 0. The number of nitrogens with one attached hydrogen (secondary N) is 2. The van der Waals surface area contributed by atoms with Crippen molar-refractivity contribution in [1.29, 1.82) is 0 Å². The highest BCUT2D eigenvalue weighted by Gasteiger charge is 2.42. The van der Waals surface area contributed by atoms with Crippen LogP contribution in [0.4, 0.5) is 33.5 Å².